The van der Waals surface area contributed by atoms with Gasteiger partial charge in [-0.3, -0.25) is 9.35 Å². The van der Waals surface area contributed by atoms with Gasteiger partial charge in [-0.1, -0.05) is 41.6 Å². The largest absolute Gasteiger partial charge is 0.338 e. The number of thioether (sulfide) groups is 3. The Labute approximate surface area is 195 Å². The Morgan fingerprint density at radius 3 is 2.65 bits per heavy atom. The molecule has 0 aliphatic carbocycles. The average Bonchev–Trinajstić information content (AvgIpc) is 3.26. The molecule has 1 saturated heterocycles. The molecule has 1 amide bonds. The monoisotopic (exact) mass is 494 g/mol. The van der Waals surface area contributed by atoms with Gasteiger partial charge in [-0.15, -0.1) is 23.5 Å². The number of rotatable bonds is 5. The van der Waals surface area contributed by atoms with Gasteiger partial charge in [0.2, 0.25) is 5.91 Å². The number of carbonyl (C=O) groups excluding carboxylic acids is 1. The van der Waals surface area contributed by atoms with E-state index in [0.717, 1.165) is 26.7 Å². The van der Waals surface area contributed by atoms with Crippen molar-refractivity contribution in [3.63, 3.8) is 0 Å². The van der Waals surface area contributed by atoms with Crippen molar-refractivity contribution in [3.8, 4) is 0 Å². The average molecular weight is 495 g/mol. The molecule has 2 N–H and O–H groups in total. The second kappa shape index (κ2) is 8.40. The van der Waals surface area contributed by atoms with Crippen LogP contribution in [0.15, 0.2) is 62.9 Å². The fourth-order valence-corrected chi connectivity index (χ4v) is 8.10. The Morgan fingerprint density at radius 1 is 1.29 bits per heavy atom. The summed E-state index contributed by atoms with van der Waals surface area (Å²) in [5.41, 5.74) is 3.36. The first-order chi connectivity index (χ1) is 14.6. The molecular weight excluding hydrogens is 473 g/mol. The van der Waals surface area contributed by atoms with Crippen LogP contribution in [0.2, 0.25) is 0 Å². The molecule has 4 rings (SSSR count). The number of nitrogens with one attached hydrogen (secondary N) is 1. The second-order valence-electron chi connectivity index (χ2n) is 7.33. The SMILES string of the molecule is CSC1(C(Cc2cc(C)ccc2S(=O)(=O)O)=C2Sc3ccccc3N2C)NC(=O)CS1. The van der Waals surface area contributed by atoms with E-state index in [1.54, 1.807) is 23.9 Å². The van der Waals surface area contributed by atoms with E-state index >= 15 is 0 Å². The molecule has 0 bridgehead atoms. The summed E-state index contributed by atoms with van der Waals surface area (Å²) < 4.78 is 33.2. The lowest BCUT2D eigenvalue weighted by atomic mass is 10.0. The Hall–Kier alpha value is -1.59. The highest BCUT2D eigenvalue weighted by molar-refractivity contribution is 8.19. The molecule has 2 aromatic carbocycles. The molecule has 1 unspecified atom stereocenters. The summed E-state index contributed by atoms with van der Waals surface area (Å²) in [6.45, 7) is 1.88. The van der Waals surface area contributed by atoms with E-state index < -0.39 is 14.3 Å². The van der Waals surface area contributed by atoms with Gasteiger partial charge in [-0.2, -0.15) is 8.42 Å². The van der Waals surface area contributed by atoms with Gasteiger partial charge >= 0.3 is 0 Å². The smallest absolute Gasteiger partial charge is 0.294 e. The van der Waals surface area contributed by atoms with Crippen molar-refractivity contribution in [2.45, 2.75) is 27.3 Å². The number of anilines is 1. The predicted molar refractivity (Wildman–Crippen MR) is 129 cm³/mol. The van der Waals surface area contributed by atoms with Crippen molar-refractivity contribution >= 4 is 57.0 Å². The normalized spacial score (nSPS) is 22.5. The highest BCUT2D eigenvalue weighted by Gasteiger charge is 2.45. The number of nitrogens with zero attached hydrogens (tertiary/aromatic N) is 1. The van der Waals surface area contributed by atoms with Gasteiger partial charge < -0.3 is 10.2 Å². The van der Waals surface area contributed by atoms with Gasteiger partial charge in [-0.25, -0.2) is 0 Å². The molecule has 31 heavy (non-hydrogen) atoms. The molecule has 2 aliphatic heterocycles. The number of benzene rings is 2. The fraction of sp³-hybridized carbons (Fsp3) is 0.286. The van der Waals surface area contributed by atoms with Crippen molar-refractivity contribution in [1.29, 1.82) is 0 Å². The third-order valence-electron chi connectivity index (χ3n) is 5.25. The van der Waals surface area contributed by atoms with Crippen LogP contribution in [0.1, 0.15) is 11.1 Å². The molecule has 0 spiro atoms. The summed E-state index contributed by atoms with van der Waals surface area (Å²) in [4.78, 5) is 15.3. The van der Waals surface area contributed by atoms with Crippen LogP contribution in [0.25, 0.3) is 0 Å². The maximum atomic E-state index is 12.2. The van der Waals surface area contributed by atoms with E-state index in [0.29, 0.717) is 11.3 Å². The summed E-state index contributed by atoms with van der Waals surface area (Å²) in [5.74, 6) is 0.276. The predicted octanol–water partition coefficient (Wildman–Crippen LogP) is 4.12. The van der Waals surface area contributed by atoms with Crippen LogP contribution in [0.5, 0.6) is 0 Å². The molecule has 6 nitrogen and oxygen atoms in total. The Kier molecular flexibility index (Phi) is 6.12. The zero-order chi connectivity index (χ0) is 22.4. The van der Waals surface area contributed by atoms with Crippen molar-refractivity contribution in [1.82, 2.24) is 5.32 Å². The second-order valence-corrected chi connectivity index (χ2v) is 12.2. The Morgan fingerprint density at radius 2 is 2.03 bits per heavy atom. The zero-order valence-electron chi connectivity index (χ0n) is 17.2. The van der Waals surface area contributed by atoms with Crippen LogP contribution >= 0.6 is 35.3 Å². The van der Waals surface area contributed by atoms with Gasteiger partial charge in [0.1, 0.15) is 0 Å². The van der Waals surface area contributed by atoms with E-state index in [-0.39, 0.29) is 17.2 Å². The minimum absolute atomic E-state index is 0.0557. The summed E-state index contributed by atoms with van der Waals surface area (Å²) in [5, 5.41) is 4.06. The van der Waals surface area contributed by atoms with Gasteiger partial charge in [0, 0.05) is 23.9 Å². The van der Waals surface area contributed by atoms with Crippen molar-refractivity contribution in [2.75, 3.05) is 24.0 Å². The van der Waals surface area contributed by atoms with Crippen molar-refractivity contribution < 1.29 is 17.8 Å². The summed E-state index contributed by atoms with van der Waals surface area (Å²) in [7, 11) is -2.42. The Balaban J connectivity index is 1.91. The lowest BCUT2D eigenvalue weighted by Gasteiger charge is -2.32. The van der Waals surface area contributed by atoms with E-state index in [4.69, 9.17) is 0 Å². The maximum Gasteiger partial charge on any atom is 0.294 e. The molecule has 1 atom stereocenters. The minimum atomic E-state index is -4.39. The third-order valence-corrected chi connectivity index (χ3v) is 10.4. The summed E-state index contributed by atoms with van der Waals surface area (Å²) >= 11 is 4.63. The topological polar surface area (TPSA) is 86.7 Å². The molecule has 2 aromatic rings. The van der Waals surface area contributed by atoms with Gasteiger partial charge in [0.25, 0.3) is 10.1 Å². The molecule has 0 radical (unpaired) electrons. The highest BCUT2D eigenvalue weighted by atomic mass is 32.2. The lowest BCUT2D eigenvalue weighted by Crippen LogP contribution is -2.40. The van der Waals surface area contributed by atoms with E-state index in [1.165, 1.54) is 29.6 Å². The number of hydrogen-bond donors (Lipinski definition) is 2. The van der Waals surface area contributed by atoms with Crippen molar-refractivity contribution in [2.24, 2.45) is 0 Å². The van der Waals surface area contributed by atoms with Gasteiger partial charge in [0.15, 0.2) is 4.20 Å². The van der Waals surface area contributed by atoms with Crippen LogP contribution < -0.4 is 10.2 Å². The Bertz CT molecular complexity index is 1200. The van der Waals surface area contributed by atoms with Crippen LogP contribution in [0, 0.1) is 6.92 Å². The maximum absolute atomic E-state index is 12.2. The quantitative estimate of drug-likeness (QED) is 0.601. The van der Waals surface area contributed by atoms with E-state index in [9.17, 15) is 17.8 Å². The summed E-state index contributed by atoms with van der Waals surface area (Å²) in [6, 6.07) is 12.9. The molecule has 0 saturated carbocycles. The van der Waals surface area contributed by atoms with Crippen LogP contribution in [0.4, 0.5) is 5.69 Å². The van der Waals surface area contributed by atoms with Crippen LogP contribution in [-0.4, -0.2) is 42.1 Å². The first kappa shape index (κ1) is 22.6. The standard InChI is InChI=1S/C21H22N2O4S4/c1-13-8-9-18(31(25,26)27)14(10-13)11-15(21(28-3)22-19(24)12-29-21)20-23(2)16-6-4-5-7-17(16)30-20/h4-10H,11-12H2,1-3H3,(H,22,24)(H,25,26,27). The molecular formula is C21H22N2O4S4. The molecule has 1 fully saturated rings. The molecule has 2 aliphatic rings. The number of amides is 1. The number of para-hydroxylation sites is 1. The summed E-state index contributed by atoms with van der Waals surface area (Å²) in [6.07, 6.45) is 2.21. The lowest BCUT2D eigenvalue weighted by molar-refractivity contribution is -0.118. The third kappa shape index (κ3) is 4.23. The zero-order valence-corrected chi connectivity index (χ0v) is 20.5. The van der Waals surface area contributed by atoms with Crippen molar-refractivity contribution in [3.05, 3.63) is 64.2 Å². The number of carbonyl (C=O) groups is 1. The molecule has 2 heterocycles. The first-order valence-electron chi connectivity index (χ1n) is 9.46. The molecule has 0 aromatic heterocycles. The van der Waals surface area contributed by atoms with Gasteiger partial charge in [0.05, 0.1) is 21.4 Å². The number of aryl methyl sites for hydroxylation is 1. The fourth-order valence-electron chi connectivity index (χ4n) is 3.81. The van der Waals surface area contributed by atoms with Gasteiger partial charge in [-0.05, 0) is 36.9 Å². The number of hydrogen-bond acceptors (Lipinski definition) is 7. The number of fused-ring (bicyclic) bond motifs is 1. The van der Waals surface area contributed by atoms with Crippen LogP contribution in [-0.2, 0) is 21.3 Å². The molecule has 164 valence electrons. The van der Waals surface area contributed by atoms with Crippen LogP contribution in [0.3, 0.4) is 0 Å². The highest BCUT2D eigenvalue weighted by Crippen LogP contribution is 2.53. The van der Waals surface area contributed by atoms with E-state index in [1.807, 2.05) is 44.5 Å². The first-order valence-corrected chi connectivity index (χ1v) is 13.9. The molecule has 10 heteroatoms. The minimum Gasteiger partial charge on any atom is -0.338 e. The van der Waals surface area contributed by atoms with E-state index in [2.05, 4.69) is 10.2 Å².